The van der Waals surface area contributed by atoms with Gasteiger partial charge in [0.15, 0.2) is 28.8 Å². The summed E-state index contributed by atoms with van der Waals surface area (Å²) in [7, 11) is 0. The summed E-state index contributed by atoms with van der Waals surface area (Å²) in [6, 6.07) is 15.6. The second-order valence-electron chi connectivity index (χ2n) is 36.5. The third kappa shape index (κ3) is 31.4. The van der Waals surface area contributed by atoms with Crippen LogP contribution in [0.4, 0.5) is 33.3 Å². The summed E-state index contributed by atoms with van der Waals surface area (Å²) in [6.07, 6.45) is 18.4. The molecular weight excluding hydrogens is 1800 g/mol. The molecule has 10 rings (SSSR count). The summed E-state index contributed by atoms with van der Waals surface area (Å²) in [4.78, 5) is 134. The van der Waals surface area contributed by atoms with Gasteiger partial charge in [-0.05, 0) is 177 Å². The SMILES string of the molecule is Cc1ncsc1-c1ccc([C@H](CC(=O)NCCCCCCCCCCCN)NC(=O)[C@@H]2C[C@@H](O)CN2C(=O)C(NC(=O)C2(F)CC2)C(C)(C)C)cc1.Cc1ncsc1-c1ccc([C@H](CC(=O)NCCCCCCCCCCCNCCCOCC(=O)c2ccc(F)c(F)c2Nc2ccc(I)cc2F)NC(=O)[C@@H]2C[C@@H](O)CN2C(=O)C(NC(=O)C2(F)CC2)C(C)(C)C)cc1. The predicted molar refractivity (Wildman–Crippen MR) is 496 cm³/mol. The van der Waals surface area contributed by atoms with Gasteiger partial charge in [0.1, 0.15) is 36.6 Å². The average molecular weight is 1930 g/mol. The Balaban J connectivity index is 0.000000310. The minimum absolute atomic E-state index is 0.00829. The first kappa shape index (κ1) is 103. The number of β-amino-alcohol motifs (C(OH)–C–C–N with tert-alkyl or cyclic N) is 2. The molecule has 128 heavy (non-hydrogen) atoms. The molecule has 4 aliphatic rings. The monoisotopic (exact) mass is 1930 g/mol. The number of likely N-dealkylation sites (tertiary alicyclic amines) is 2. The van der Waals surface area contributed by atoms with Crippen LogP contribution < -0.4 is 48.3 Å². The normalized spacial score (nSPS) is 17.7. The number of ketones is 1. The summed E-state index contributed by atoms with van der Waals surface area (Å²) < 4.78 is 78.7. The van der Waals surface area contributed by atoms with Crippen molar-refractivity contribution in [3.05, 3.63) is 139 Å². The van der Waals surface area contributed by atoms with Crippen LogP contribution in [0, 0.1) is 45.7 Å². The zero-order chi connectivity index (χ0) is 92.9. The molecule has 8 amide bonds. The minimum Gasteiger partial charge on any atom is -0.391 e. The number of ether oxygens (including phenoxy) is 1. The summed E-state index contributed by atoms with van der Waals surface area (Å²) >= 11 is 4.98. The van der Waals surface area contributed by atoms with Gasteiger partial charge in [0.2, 0.25) is 35.4 Å². The first-order chi connectivity index (χ1) is 61.0. The highest BCUT2D eigenvalue weighted by Gasteiger charge is 2.55. The molecule has 2 unspecified atom stereocenters. The summed E-state index contributed by atoms with van der Waals surface area (Å²) in [5, 5.41) is 44.5. The van der Waals surface area contributed by atoms with Gasteiger partial charge >= 0.3 is 0 Å². The Morgan fingerprint density at radius 1 is 0.539 bits per heavy atom. The number of hydrogen-bond acceptors (Lipinski definition) is 19. The largest absolute Gasteiger partial charge is 0.391 e. The molecule has 2 aliphatic heterocycles. The lowest BCUT2D eigenvalue weighted by atomic mass is 9.85. The highest BCUT2D eigenvalue weighted by atomic mass is 127. The fourth-order valence-corrected chi connectivity index (χ4v) is 17.8. The third-order valence-electron chi connectivity index (χ3n) is 23.8. The number of amides is 8. The van der Waals surface area contributed by atoms with Gasteiger partial charge in [0.05, 0.1) is 80.7 Å². The first-order valence-corrected chi connectivity index (χ1v) is 48.2. The number of aliphatic hydroxyl groups excluding tert-OH is 2. The van der Waals surface area contributed by atoms with Crippen LogP contribution in [-0.2, 0) is 43.1 Å². The van der Waals surface area contributed by atoms with Crippen LogP contribution in [0.5, 0.6) is 0 Å². The summed E-state index contributed by atoms with van der Waals surface area (Å²) in [5.41, 5.74) is 7.98. The van der Waals surface area contributed by atoms with Crippen LogP contribution >= 0.6 is 45.3 Å². The molecule has 33 heteroatoms. The minimum atomic E-state index is -2.01. The molecular formula is C95H131F5IN13O12S2. The number of alkyl halides is 2. The molecule has 2 aromatic heterocycles. The van der Waals surface area contributed by atoms with Gasteiger partial charge in [-0.15, -0.1) is 22.7 Å². The highest BCUT2D eigenvalue weighted by molar-refractivity contribution is 14.1. The van der Waals surface area contributed by atoms with E-state index in [1.807, 2.05) is 85.0 Å². The van der Waals surface area contributed by atoms with Crippen LogP contribution in [0.2, 0.25) is 0 Å². The van der Waals surface area contributed by atoms with Crippen molar-refractivity contribution in [3.63, 3.8) is 0 Å². The number of halogens is 6. The van der Waals surface area contributed by atoms with E-state index >= 15 is 0 Å². The topological polar surface area (TPSA) is 358 Å². The molecule has 4 fully saturated rings. The molecule has 6 aromatic rings. The first-order valence-electron chi connectivity index (χ1n) is 45.3. The number of carbonyl (C=O) groups is 9. The number of nitrogens with zero attached hydrogens (tertiary/aromatic N) is 4. The number of Topliss-reactive ketones (excluding diaryl/α,β-unsaturated/α-hetero) is 1. The van der Waals surface area contributed by atoms with Crippen molar-refractivity contribution < 1.29 is 80.1 Å². The van der Waals surface area contributed by atoms with E-state index in [0.717, 1.165) is 147 Å². The van der Waals surface area contributed by atoms with Crippen molar-refractivity contribution in [1.29, 1.82) is 0 Å². The molecule has 8 atom stereocenters. The number of nitrogens with two attached hydrogens (primary N) is 1. The van der Waals surface area contributed by atoms with Crippen molar-refractivity contribution in [2.24, 2.45) is 16.6 Å². The standard InChI is InChI=1S/C56H72F4IN7O7S.C39H59FN6O5S/c1-35-50(76-34-64-35)37-17-15-36(16-18-37)44(66-52(72)45-30-39(69)32-68(45)53(73)51(55(2,3)4)67-54(74)56(60)23-24-56)31-47(71)63-27-13-11-9-7-5-6-8-10-12-25-62-26-14-28-75-33-46(70)40-20-21-41(57)48(59)49(40)65-43-22-19-38(61)29-42(43)58;1-26-33(52-25-43-26)28-16-14-27(15-17-28)30(23-32(48)42-21-13-11-9-7-5-6-8-10-12-20-41)44-35(49)31-22-29(47)24-46(31)36(50)34(38(2,3)4)45-37(51)39(40)18-19-39/h15-22,29,34,39,44-45,51,62,65,69H,5-14,23-28,30-33H2,1-4H3,(H,63,71)(H,66,72)(H,67,74);14-17,25,29-31,34,47H,5-13,18-24,41H2,1-4H3,(H,42,48)(H,44,49)(H,45,51)/t39-,44+,45+,51?;29-,30+,31+,34?/m11/s1. The molecule has 0 radical (unpaired) electrons. The highest BCUT2D eigenvalue weighted by Crippen LogP contribution is 2.43. The van der Waals surface area contributed by atoms with E-state index in [1.54, 1.807) is 58.6 Å². The van der Waals surface area contributed by atoms with E-state index in [1.165, 1.54) is 76.7 Å². The molecule has 702 valence electrons. The number of benzene rings is 4. The molecule has 4 aromatic carbocycles. The maximum absolute atomic E-state index is 14.7. The number of nitrogens with one attached hydrogen (secondary N) is 8. The van der Waals surface area contributed by atoms with Crippen molar-refractivity contribution >= 4 is 110 Å². The maximum Gasteiger partial charge on any atom is 0.258 e. The van der Waals surface area contributed by atoms with Crippen molar-refractivity contribution in [3.8, 4) is 20.9 Å². The Morgan fingerprint density at radius 2 is 0.945 bits per heavy atom. The van der Waals surface area contributed by atoms with Crippen molar-refractivity contribution in [1.82, 2.24) is 57.0 Å². The fraction of sp³-hybridized carbons (Fsp3) is 0.589. The summed E-state index contributed by atoms with van der Waals surface area (Å²) in [6.45, 7) is 17.4. The molecule has 12 N–H and O–H groups in total. The molecule has 0 bridgehead atoms. The van der Waals surface area contributed by atoms with E-state index in [9.17, 15) is 75.3 Å². The van der Waals surface area contributed by atoms with E-state index in [4.69, 9.17) is 10.5 Å². The Hall–Kier alpha value is -8.45. The Morgan fingerprint density at radius 3 is 1.34 bits per heavy atom. The smallest absolute Gasteiger partial charge is 0.258 e. The van der Waals surface area contributed by atoms with E-state index < -0.39 is 135 Å². The number of rotatable bonds is 50. The number of carbonyl (C=O) groups excluding carboxylic acids is 9. The van der Waals surface area contributed by atoms with E-state index in [-0.39, 0.29) is 94.1 Å². The lowest BCUT2D eigenvalue weighted by Crippen LogP contribution is -2.59. The molecule has 2 saturated carbocycles. The van der Waals surface area contributed by atoms with Gasteiger partial charge in [-0.1, -0.05) is 180 Å². The van der Waals surface area contributed by atoms with Crippen molar-refractivity contribution in [2.45, 2.75) is 289 Å². The van der Waals surface area contributed by atoms with Crippen LogP contribution in [0.15, 0.2) is 89.9 Å². The summed E-state index contributed by atoms with van der Waals surface area (Å²) in [5.74, 6) is -8.03. The number of aromatic nitrogens is 2. The second-order valence-corrected chi connectivity index (χ2v) is 39.5. The van der Waals surface area contributed by atoms with Gasteiger partial charge in [-0.25, -0.2) is 31.9 Å². The van der Waals surface area contributed by atoms with Crippen LogP contribution in [0.1, 0.15) is 260 Å². The van der Waals surface area contributed by atoms with Gasteiger partial charge in [0, 0.05) is 54.8 Å². The predicted octanol–water partition coefficient (Wildman–Crippen LogP) is 15.2. The number of aryl methyl sites for hydroxylation is 2. The van der Waals surface area contributed by atoms with E-state index in [0.29, 0.717) is 41.8 Å². The number of aliphatic hydroxyl groups is 2. The molecule has 4 heterocycles. The lowest BCUT2D eigenvalue weighted by molar-refractivity contribution is -0.145. The lowest BCUT2D eigenvalue weighted by Gasteiger charge is -2.36. The average Bonchev–Trinajstić information content (AvgIpc) is 1.63. The van der Waals surface area contributed by atoms with Gasteiger partial charge < -0.3 is 73.0 Å². The maximum atomic E-state index is 14.7. The van der Waals surface area contributed by atoms with Gasteiger partial charge in [0.25, 0.3) is 11.8 Å². The number of anilines is 2. The van der Waals surface area contributed by atoms with Crippen LogP contribution in [0.3, 0.4) is 0 Å². The number of hydrogen-bond donors (Lipinski definition) is 11. The molecule has 2 aliphatic carbocycles. The van der Waals surface area contributed by atoms with Gasteiger partial charge in [-0.2, -0.15) is 0 Å². The quantitative estimate of drug-likeness (QED) is 0.00731. The van der Waals surface area contributed by atoms with Crippen LogP contribution in [-0.4, -0.2) is 190 Å². The zero-order valence-electron chi connectivity index (χ0n) is 75.2. The Kier molecular flexibility index (Phi) is 40.1. The van der Waals surface area contributed by atoms with E-state index in [2.05, 4.69) is 52.5 Å². The molecule has 0 spiro atoms. The molecule has 2 saturated heterocycles. The zero-order valence-corrected chi connectivity index (χ0v) is 79.0. The second kappa shape index (κ2) is 49.7. The number of thiazole rings is 2. The Labute approximate surface area is 771 Å². The number of unbranched alkanes of at least 4 members (excludes halogenated alkanes) is 16. The van der Waals surface area contributed by atoms with Crippen molar-refractivity contribution in [2.75, 3.05) is 64.3 Å². The van der Waals surface area contributed by atoms with Gasteiger partial charge in [-0.3, -0.25) is 43.2 Å². The third-order valence-corrected chi connectivity index (χ3v) is 26.4. The Bertz CT molecular complexity index is 4660. The molecule has 25 nitrogen and oxygen atoms in total. The fourth-order valence-electron chi connectivity index (χ4n) is 15.8. The van der Waals surface area contributed by atoms with Crippen LogP contribution in [0.25, 0.3) is 20.9 Å².